The van der Waals surface area contributed by atoms with Crippen LogP contribution in [-0.2, 0) is 19.1 Å². The third-order valence-corrected chi connectivity index (χ3v) is 5.84. The number of anilines is 2. The average molecular weight is 544 g/mol. The number of nitrogens with one attached hydrogen (secondary N) is 2. The predicted octanol–water partition coefficient (Wildman–Crippen LogP) is 3.47. The third kappa shape index (κ3) is 6.16. The number of urea groups is 1. The molecule has 3 aromatic carbocycles. The molecule has 1 heterocycles. The Morgan fingerprint density at radius 3 is 2.27 bits per heavy atom. The molecule has 0 saturated carbocycles. The molecule has 0 atom stereocenters. The Bertz CT molecular complexity index is 1510. The number of aryl methyl sites for hydroxylation is 1. The van der Waals surface area contributed by atoms with Gasteiger partial charge in [-0.25, -0.2) is 14.5 Å². The standard InChI is InChI=1S/C29H25N3O8/c1-17-4-9-20(10-5-17)30-25(33)16-40-23-13-6-18(15-24(23)38-2)14-22-26(34)31-29(37)32(27(22)35)21-11-7-19(8-12-21)28(36)39-3/h4-15H,16H2,1-3H3,(H,30,33)(H,31,34,37)/b22-14+. The molecule has 11 nitrogen and oxygen atoms in total. The first-order valence-corrected chi connectivity index (χ1v) is 12.0. The number of hydrogen-bond donors (Lipinski definition) is 2. The molecule has 2 N–H and O–H groups in total. The van der Waals surface area contributed by atoms with Crippen LogP contribution in [0.3, 0.4) is 0 Å². The monoisotopic (exact) mass is 543 g/mol. The van der Waals surface area contributed by atoms with Crippen LogP contribution in [0.25, 0.3) is 6.08 Å². The van der Waals surface area contributed by atoms with Gasteiger partial charge in [0.2, 0.25) is 0 Å². The fourth-order valence-corrected chi connectivity index (χ4v) is 3.79. The van der Waals surface area contributed by atoms with Crippen molar-refractivity contribution in [2.24, 2.45) is 0 Å². The van der Waals surface area contributed by atoms with E-state index in [-0.39, 0.29) is 40.8 Å². The fourth-order valence-electron chi connectivity index (χ4n) is 3.79. The number of rotatable bonds is 8. The molecule has 4 rings (SSSR count). The van der Waals surface area contributed by atoms with E-state index in [1.54, 1.807) is 18.2 Å². The average Bonchev–Trinajstić information content (AvgIpc) is 2.95. The van der Waals surface area contributed by atoms with Crippen molar-refractivity contribution in [3.63, 3.8) is 0 Å². The summed E-state index contributed by atoms with van der Waals surface area (Å²) in [5.74, 6) is -2.15. The lowest BCUT2D eigenvalue weighted by Crippen LogP contribution is -2.54. The minimum Gasteiger partial charge on any atom is -0.493 e. The lowest BCUT2D eigenvalue weighted by molar-refractivity contribution is -0.122. The van der Waals surface area contributed by atoms with Gasteiger partial charge in [0.15, 0.2) is 18.1 Å². The summed E-state index contributed by atoms with van der Waals surface area (Å²) in [6.07, 6.45) is 1.30. The first-order chi connectivity index (χ1) is 19.2. The molecular weight excluding hydrogens is 518 g/mol. The van der Waals surface area contributed by atoms with Crippen LogP contribution < -0.4 is 25.0 Å². The van der Waals surface area contributed by atoms with Crippen molar-refractivity contribution in [2.45, 2.75) is 6.92 Å². The summed E-state index contributed by atoms with van der Waals surface area (Å²) in [4.78, 5) is 63.0. The number of barbiturate groups is 1. The van der Waals surface area contributed by atoms with Crippen LogP contribution in [0.15, 0.2) is 72.3 Å². The van der Waals surface area contributed by atoms with Gasteiger partial charge >= 0.3 is 12.0 Å². The molecule has 5 amide bonds. The summed E-state index contributed by atoms with van der Waals surface area (Å²) in [5.41, 5.74) is 2.18. The molecule has 1 aliphatic rings. The first-order valence-electron chi connectivity index (χ1n) is 12.0. The van der Waals surface area contributed by atoms with E-state index in [1.807, 2.05) is 19.1 Å². The molecule has 1 saturated heterocycles. The molecule has 0 aromatic heterocycles. The number of benzene rings is 3. The molecule has 0 unspecified atom stereocenters. The highest BCUT2D eigenvalue weighted by Crippen LogP contribution is 2.30. The second kappa shape index (κ2) is 11.9. The van der Waals surface area contributed by atoms with Gasteiger partial charge in [-0.1, -0.05) is 23.8 Å². The molecule has 0 spiro atoms. The highest BCUT2D eigenvalue weighted by molar-refractivity contribution is 6.39. The Hall–Kier alpha value is -5.45. The summed E-state index contributed by atoms with van der Waals surface area (Å²) < 4.78 is 15.6. The molecule has 0 bridgehead atoms. The SMILES string of the molecule is COC(=O)c1ccc(N2C(=O)NC(=O)/C(=C\c3ccc(OCC(=O)Nc4ccc(C)cc4)c(OC)c3)C2=O)cc1. The Morgan fingerprint density at radius 2 is 1.62 bits per heavy atom. The Morgan fingerprint density at radius 1 is 0.925 bits per heavy atom. The van der Waals surface area contributed by atoms with E-state index < -0.39 is 23.8 Å². The van der Waals surface area contributed by atoms with Crippen molar-refractivity contribution in [2.75, 3.05) is 31.0 Å². The van der Waals surface area contributed by atoms with E-state index in [0.29, 0.717) is 11.3 Å². The van der Waals surface area contributed by atoms with Crippen LogP contribution in [0.5, 0.6) is 11.5 Å². The molecule has 0 radical (unpaired) electrons. The van der Waals surface area contributed by atoms with Crippen molar-refractivity contribution >= 4 is 47.2 Å². The number of imide groups is 2. The minimum absolute atomic E-state index is 0.152. The number of methoxy groups -OCH3 is 2. The predicted molar refractivity (Wildman–Crippen MR) is 145 cm³/mol. The number of esters is 1. The maximum Gasteiger partial charge on any atom is 0.337 e. The van der Waals surface area contributed by atoms with Crippen LogP contribution >= 0.6 is 0 Å². The van der Waals surface area contributed by atoms with E-state index in [1.165, 1.54) is 56.7 Å². The summed E-state index contributed by atoms with van der Waals surface area (Å²) in [6, 6.07) is 16.6. The van der Waals surface area contributed by atoms with Gasteiger partial charge in [0.1, 0.15) is 5.57 Å². The molecule has 1 aliphatic heterocycles. The minimum atomic E-state index is -0.928. The molecule has 3 aromatic rings. The topological polar surface area (TPSA) is 140 Å². The quantitative estimate of drug-likeness (QED) is 0.250. The van der Waals surface area contributed by atoms with Gasteiger partial charge < -0.3 is 19.5 Å². The zero-order valence-corrected chi connectivity index (χ0v) is 21.8. The number of carbonyl (C=O) groups is 5. The van der Waals surface area contributed by atoms with Crippen LogP contribution in [0.1, 0.15) is 21.5 Å². The van der Waals surface area contributed by atoms with Gasteiger partial charge in [0.05, 0.1) is 25.5 Å². The van der Waals surface area contributed by atoms with E-state index in [4.69, 9.17) is 9.47 Å². The Kier molecular flexibility index (Phi) is 8.24. The Balaban J connectivity index is 1.50. The second-order valence-corrected chi connectivity index (χ2v) is 8.61. The van der Waals surface area contributed by atoms with Gasteiger partial charge in [-0.15, -0.1) is 0 Å². The fraction of sp³-hybridized carbons (Fsp3) is 0.138. The maximum absolute atomic E-state index is 13.2. The highest BCUT2D eigenvalue weighted by atomic mass is 16.5. The third-order valence-electron chi connectivity index (χ3n) is 5.84. The summed E-state index contributed by atoms with van der Waals surface area (Å²) in [5, 5.41) is 4.87. The van der Waals surface area contributed by atoms with E-state index in [0.717, 1.165) is 10.5 Å². The molecule has 0 aliphatic carbocycles. The highest BCUT2D eigenvalue weighted by Gasteiger charge is 2.37. The maximum atomic E-state index is 13.2. The molecular formula is C29H25N3O8. The summed E-state index contributed by atoms with van der Waals surface area (Å²) in [6.45, 7) is 1.66. The van der Waals surface area contributed by atoms with Crippen molar-refractivity contribution < 1.29 is 38.2 Å². The molecule has 1 fully saturated rings. The van der Waals surface area contributed by atoms with Crippen molar-refractivity contribution in [1.29, 1.82) is 0 Å². The smallest absolute Gasteiger partial charge is 0.337 e. The summed E-state index contributed by atoms with van der Waals surface area (Å²) in [7, 11) is 2.64. The lowest BCUT2D eigenvalue weighted by Gasteiger charge is -2.26. The normalized spacial score (nSPS) is 14.0. The zero-order chi connectivity index (χ0) is 28.8. The van der Waals surface area contributed by atoms with Crippen molar-refractivity contribution in [1.82, 2.24) is 5.32 Å². The van der Waals surface area contributed by atoms with E-state index >= 15 is 0 Å². The van der Waals surface area contributed by atoms with Crippen molar-refractivity contribution in [3.8, 4) is 11.5 Å². The van der Waals surface area contributed by atoms with Gasteiger partial charge in [-0.3, -0.25) is 19.7 Å². The van der Waals surface area contributed by atoms with Gasteiger partial charge in [-0.05, 0) is 67.1 Å². The zero-order valence-electron chi connectivity index (χ0n) is 21.8. The van der Waals surface area contributed by atoms with E-state index in [2.05, 4.69) is 15.4 Å². The lowest BCUT2D eigenvalue weighted by atomic mass is 10.1. The number of hydrogen-bond acceptors (Lipinski definition) is 8. The van der Waals surface area contributed by atoms with Crippen LogP contribution in [0.2, 0.25) is 0 Å². The van der Waals surface area contributed by atoms with Gasteiger partial charge in [0.25, 0.3) is 17.7 Å². The molecule has 40 heavy (non-hydrogen) atoms. The number of ether oxygens (including phenoxy) is 3. The molecule has 11 heteroatoms. The largest absolute Gasteiger partial charge is 0.493 e. The number of amides is 5. The Labute approximate surface area is 229 Å². The van der Waals surface area contributed by atoms with Crippen LogP contribution in [0, 0.1) is 6.92 Å². The molecule has 204 valence electrons. The summed E-state index contributed by atoms with van der Waals surface area (Å²) >= 11 is 0. The number of carbonyl (C=O) groups excluding carboxylic acids is 5. The second-order valence-electron chi connectivity index (χ2n) is 8.61. The number of nitrogens with zero attached hydrogens (tertiary/aromatic N) is 1. The van der Waals surface area contributed by atoms with Crippen LogP contribution in [-0.4, -0.2) is 50.5 Å². The van der Waals surface area contributed by atoms with Gasteiger partial charge in [-0.2, -0.15) is 0 Å². The van der Waals surface area contributed by atoms with E-state index in [9.17, 15) is 24.0 Å². The first kappa shape index (κ1) is 27.6. The van der Waals surface area contributed by atoms with Crippen molar-refractivity contribution in [3.05, 3.63) is 89.0 Å². The van der Waals surface area contributed by atoms with Gasteiger partial charge in [0, 0.05) is 5.69 Å². The van der Waals surface area contributed by atoms with Crippen LogP contribution in [0.4, 0.5) is 16.2 Å².